The summed E-state index contributed by atoms with van der Waals surface area (Å²) in [4.78, 5) is 36.8. The third kappa shape index (κ3) is 5.83. The summed E-state index contributed by atoms with van der Waals surface area (Å²) in [7, 11) is 0. The van der Waals surface area contributed by atoms with E-state index >= 15 is 0 Å². The van der Waals surface area contributed by atoms with Gasteiger partial charge in [-0.2, -0.15) is 0 Å². The third-order valence-electron chi connectivity index (χ3n) is 4.13. The number of hydrogen-bond acceptors (Lipinski definition) is 4. The molecule has 0 bridgehead atoms. The van der Waals surface area contributed by atoms with Crippen LogP contribution >= 0.6 is 11.6 Å². The normalized spacial score (nSPS) is 10.5. The number of carbonyl (C=O) groups excluding carboxylic acids is 1. The van der Waals surface area contributed by atoms with Crippen LogP contribution in [0.1, 0.15) is 5.56 Å². The SMILES string of the molecule is O=C(Cn1c(=O)ccn(Cc2ccccc2)c1=O)NCCOc1cccc(Cl)c1. The van der Waals surface area contributed by atoms with Crippen LogP contribution in [-0.2, 0) is 17.9 Å². The van der Waals surface area contributed by atoms with Crippen molar-refractivity contribution in [3.8, 4) is 5.75 Å². The van der Waals surface area contributed by atoms with Gasteiger partial charge in [0.1, 0.15) is 18.9 Å². The van der Waals surface area contributed by atoms with Crippen molar-refractivity contribution in [2.75, 3.05) is 13.2 Å². The van der Waals surface area contributed by atoms with Crippen molar-refractivity contribution >= 4 is 17.5 Å². The first-order valence-corrected chi connectivity index (χ1v) is 9.40. The van der Waals surface area contributed by atoms with Gasteiger partial charge in [0.2, 0.25) is 5.91 Å². The van der Waals surface area contributed by atoms with E-state index in [4.69, 9.17) is 16.3 Å². The predicted molar refractivity (Wildman–Crippen MR) is 110 cm³/mol. The molecule has 1 amide bonds. The zero-order chi connectivity index (χ0) is 20.6. The number of carbonyl (C=O) groups is 1. The quantitative estimate of drug-likeness (QED) is 0.572. The number of hydrogen-bond donors (Lipinski definition) is 1. The van der Waals surface area contributed by atoms with E-state index in [1.54, 1.807) is 24.3 Å². The number of halogens is 1. The van der Waals surface area contributed by atoms with Gasteiger partial charge in [-0.25, -0.2) is 4.79 Å². The maximum Gasteiger partial charge on any atom is 0.331 e. The first-order valence-electron chi connectivity index (χ1n) is 9.02. The lowest BCUT2D eigenvalue weighted by atomic mass is 10.2. The Bertz CT molecular complexity index is 1090. The molecule has 1 aromatic heterocycles. The first kappa shape index (κ1) is 20.4. The Morgan fingerprint density at radius 1 is 1.03 bits per heavy atom. The molecule has 0 unspecified atom stereocenters. The molecule has 0 fully saturated rings. The molecule has 3 rings (SSSR count). The summed E-state index contributed by atoms with van der Waals surface area (Å²) < 4.78 is 7.79. The first-order chi connectivity index (χ1) is 14.0. The summed E-state index contributed by atoms with van der Waals surface area (Å²) in [6, 6.07) is 17.6. The summed E-state index contributed by atoms with van der Waals surface area (Å²) in [6.07, 6.45) is 1.44. The zero-order valence-corrected chi connectivity index (χ0v) is 16.3. The molecule has 0 aliphatic carbocycles. The largest absolute Gasteiger partial charge is 0.492 e. The second-order valence-electron chi connectivity index (χ2n) is 6.29. The van der Waals surface area contributed by atoms with E-state index in [0.29, 0.717) is 17.3 Å². The molecule has 0 spiro atoms. The molecular weight excluding hydrogens is 394 g/mol. The Kier molecular flexibility index (Phi) is 6.86. The lowest BCUT2D eigenvalue weighted by Crippen LogP contribution is -2.43. The van der Waals surface area contributed by atoms with Crippen LogP contribution in [0.4, 0.5) is 0 Å². The van der Waals surface area contributed by atoms with Crippen LogP contribution in [0.5, 0.6) is 5.75 Å². The van der Waals surface area contributed by atoms with Crippen molar-refractivity contribution in [2.24, 2.45) is 0 Å². The van der Waals surface area contributed by atoms with Crippen molar-refractivity contribution < 1.29 is 9.53 Å². The predicted octanol–water partition coefficient (Wildman–Crippen LogP) is 1.91. The monoisotopic (exact) mass is 413 g/mol. The van der Waals surface area contributed by atoms with E-state index in [2.05, 4.69) is 5.32 Å². The Labute approximate surface area is 172 Å². The standard InChI is InChI=1S/C21H20ClN3O4/c22-17-7-4-8-18(13-17)29-12-10-23-19(26)15-25-20(27)9-11-24(21(25)28)14-16-5-2-1-3-6-16/h1-9,11,13H,10,12,14-15H2,(H,23,26). The topological polar surface area (TPSA) is 82.3 Å². The highest BCUT2D eigenvalue weighted by Gasteiger charge is 2.10. The van der Waals surface area contributed by atoms with Crippen LogP contribution in [0, 0.1) is 0 Å². The Balaban J connectivity index is 1.57. The van der Waals surface area contributed by atoms with Crippen LogP contribution in [0.3, 0.4) is 0 Å². The average Bonchev–Trinajstić information content (AvgIpc) is 2.71. The molecule has 150 valence electrons. The summed E-state index contributed by atoms with van der Waals surface area (Å²) in [5.74, 6) is 0.145. The molecule has 7 nitrogen and oxygen atoms in total. The summed E-state index contributed by atoms with van der Waals surface area (Å²) in [5.41, 5.74) is -0.140. The Morgan fingerprint density at radius 3 is 2.59 bits per heavy atom. The minimum atomic E-state index is -0.535. The highest BCUT2D eigenvalue weighted by molar-refractivity contribution is 6.30. The van der Waals surface area contributed by atoms with Crippen molar-refractivity contribution in [3.63, 3.8) is 0 Å². The van der Waals surface area contributed by atoms with E-state index in [0.717, 1.165) is 10.1 Å². The molecule has 1 N–H and O–H groups in total. The molecule has 2 aromatic carbocycles. The second-order valence-corrected chi connectivity index (χ2v) is 6.73. The van der Waals surface area contributed by atoms with Gasteiger partial charge in [-0.05, 0) is 23.8 Å². The molecule has 0 radical (unpaired) electrons. The number of rotatable bonds is 8. The second kappa shape index (κ2) is 9.75. The summed E-state index contributed by atoms with van der Waals surface area (Å²) >= 11 is 5.88. The van der Waals surface area contributed by atoms with Crippen molar-refractivity contribution in [1.29, 1.82) is 0 Å². The molecule has 29 heavy (non-hydrogen) atoms. The van der Waals surface area contributed by atoms with Crippen molar-refractivity contribution in [3.05, 3.63) is 98.3 Å². The molecule has 0 aliphatic heterocycles. The van der Waals surface area contributed by atoms with Crippen molar-refractivity contribution in [2.45, 2.75) is 13.1 Å². The van der Waals surface area contributed by atoms with Gasteiger partial charge in [0.15, 0.2) is 0 Å². The average molecular weight is 414 g/mol. The molecule has 8 heteroatoms. The van der Waals surface area contributed by atoms with E-state index in [-0.39, 0.29) is 19.7 Å². The van der Waals surface area contributed by atoms with Crippen LogP contribution < -0.4 is 21.3 Å². The van der Waals surface area contributed by atoms with Gasteiger partial charge in [-0.3, -0.25) is 18.7 Å². The fourth-order valence-electron chi connectivity index (χ4n) is 2.72. The van der Waals surface area contributed by atoms with Gasteiger partial charge in [0, 0.05) is 17.3 Å². The van der Waals surface area contributed by atoms with Gasteiger partial charge >= 0.3 is 5.69 Å². The zero-order valence-electron chi connectivity index (χ0n) is 15.6. The number of amides is 1. The maximum absolute atomic E-state index is 12.6. The van der Waals surface area contributed by atoms with E-state index in [1.807, 2.05) is 30.3 Å². The van der Waals surface area contributed by atoms with Gasteiger partial charge < -0.3 is 10.1 Å². The van der Waals surface area contributed by atoms with Crippen LogP contribution in [0.2, 0.25) is 5.02 Å². The lowest BCUT2D eigenvalue weighted by molar-refractivity contribution is -0.121. The van der Waals surface area contributed by atoms with Gasteiger partial charge in [-0.1, -0.05) is 48.0 Å². The van der Waals surface area contributed by atoms with Crippen LogP contribution in [-0.4, -0.2) is 28.2 Å². The molecule has 0 saturated carbocycles. The fourth-order valence-corrected chi connectivity index (χ4v) is 2.90. The summed E-state index contributed by atoms with van der Waals surface area (Å²) in [6.45, 7) is 0.415. The number of benzene rings is 2. The highest BCUT2D eigenvalue weighted by Crippen LogP contribution is 2.16. The highest BCUT2D eigenvalue weighted by atomic mass is 35.5. The minimum Gasteiger partial charge on any atom is -0.492 e. The Morgan fingerprint density at radius 2 is 1.83 bits per heavy atom. The number of aromatic nitrogens is 2. The minimum absolute atomic E-state index is 0.227. The number of nitrogens with one attached hydrogen (secondary N) is 1. The lowest BCUT2D eigenvalue weighted by Gasteiger charge is -2.11. The molecule has 0 atom stereocenters. The van der Waals surface area contributed by atoms with Gasteiger partial charge in [0.05, 0.1) is 13.1 Å². The van der Waals surface area contributed by atoms with Gasteiger partial charge in [-0.15, -0.1) is 0 Å². The Hall–Kier alpha value is -3.32. The summed E-state index contributed by atoms with van der Waals surface area (Å²) in [5, 5.41) is 3.19. The van der Waals surface area contributed by atoms with E-state index < -0.39 is 17.2 Å². The fraction of sp³-hybridized carbons (Fsp3) is 0.190. The van der Waals surface area contributed by atoms with E-state index in [9.17, 15) is 14.4 Å². The maximum atomic E-state index is 12.6. The van der Waals surface area contributed by atoms with Gasteiger partial charge in [0.25, 0.3) is 5.56 Å². The van der Waals surface area contributed by atoms with E-state index in [1.165, 1.54) is 16.8 Å². The molecule has 0 saturated heterocycles. The molecule has 1 heterocycles. The third-order valence-corrected chi connectivity index (χ3v) is 4.36. The smallest absolute Gasteiger partial charge is 0.331 e. The molecule has 3 aromatic rings. The molecular formula is C21H20ClN3O4. The molecule has 0 aliphatic rings. The van der Waals surface area contributed by atoms with Crippen LogP contribution in [0.25, 0.3) is 0 Å². The number of ether oxygens (including phenoxy) is 1. The number of nitrogens with zero attached hydrogens (tertiary/aromatic N) is 2. The van der Waals surface area contributed by atoms with Crippen LogP contribution in [0.15, 0.2) is 76.4 Å². The van der Waals surface area contributed by atoms with Crippen molar-refractivity contribution in [1.82, 2.24) is 14.5 Å².